The molecule has 1 saturated carbocycles. The molecule has 0 saturated heterocycles. The topological polar surface area (TPSA) is 17.1 Å². The normalized spacial score (nSPS) is 21.6. The van der Waals surface area contributed by atoms with Crippen molar-refractivity contribution < 1.29 is 4.79 Å². The minimum absolute atomic E-state index is 0.411. The Morgan fingerprint density at radius 3 is 2.07 bits per heavy atom. The van der Waals surface area contributed by atoms with Crippen LogP contribution in [0.4, 0.5) is 0 Å². The summed E-state index contributed by atoms with van der Waals surface area (Å²) < 4.78 is 0. The summed E-state index contributed by atoms with van der Waals surface area (Å²) in [4.78, 5) is 11.6. The van der Waals surface area contributed by atoms with Gasteiger partial charge in [-0.25, -0.2) is 0 Å². The van der Waals surface area contributed by atoms with Gasteiger partial charge in [-0.3, -0.25) is 4.79 Å². The standard InChI is InChI=1S/C29H46O/c1-2-3-4-5-6-7-8-9-10-11-24-12-14-25(15-13-24)16-17-26-18-19-28-23-29(30)21-20-27(28)22-26/h18-19,22,24-25H,2-17,20-21,23H2,1H3. The van der Waals surface area contributed by atoms with Gasteiger partial charge in [-0.1, -0.05) is 115 Å². The van der Waals surface area contributed by atoms with E-state index in [2.05, 4.69) is 25.1 Å². The van der Waals surface area contributed by atoms with Crippen molar-refractivity contribution in [2.24, 2.45) is 11.8 Å². The number of hydrogen-bond donors (Lipinski definition) is 0. The quantitative estimate of drug-likeness (QED) is 0.298. The number of benzene rings is 1. The number of unbranched alkanes of at least 4 members (excludes halogenated alkanes) is 8. The van der Waals surface area contributed by atoms with E-state index in [-0.39, 0.29) is 0 Å². The molecule has 0 N–H and O–H groups in total. The molecular formula is C29H46O. The number of ketones is 1. The van der Waals surface area contributed by atoms with Crippen LogP contribution < -0.4 is 0 Å². The van der Waals surface area contributed by atoms with Crippen LogP contribution in [0.2, 0.25) is 0 Å². The Morgan fingerprint density at radius 2 is 1.37 bits per heavy atom. The van der Waals surface area contributed by atoms with Crippen LogP contribution in [-0.2, 0) is 24.1 Å². The Kier molecular flexibility index (Phi) is 10.5. The minimum Gasteiger partial charge on any atom is -0.299 e. The van der Waals surface area contributed by atoms with Crippen molar-refractivity contribution in [3.05, 3.63) is 34.9 Å². The van der Waals surface area contributed by atoms with Gasteiger partial charge in [-0.2, -0.15) is 0 Å². The summed E-state index contributed by atoms with van der Waals surface area (Å²) in [7, 11) is 0. The molecule has 0 unspecified atom stereocenters. The Balaban J connectivity index is 1.23. The van der Waals surface area contributed by atoms with Crippen LogP contribution in [0.3, 0.4) is 0 Å². The summed E-state index contributed by atoms with van der Waals surface area (Å²) in [6, 6.07) is 6.91. The summed E-state index contributed by atoms with van der Waals surface area (Å²) in [5.41, 5.74) is 4.23. The molecule has 30 heavy (non-hydrogen) atoms. The molecule has 0 aromatic heterocycles. The highest BCUT2D eigenvalue weighted by molar-refractivity contribution is 5.83. The number of carbonyl (C=O) groups is 1. The molecule has 0 bridgehead atoms. The van der Waals surface area contributed by atoms with Crippen molar-refractivity contribution in [3.8, 4) is 0 Å². The maximum absolute atomic E-state index is 11.6. The Bertz CT molecular complexity index is 623. The molecule has 0 heterocycles. The van der Waals surface area contributed by atoms with E-state index < -0.39 is 0 Å². The van der Waals surface area contributed by atoms with Gasteiger partial charge < -0.3 is 0 Å². The summed E-state index contributed by atoms with van der Waals surface area (Å²) >= 11 is 0. The largest absolute Gasteiger partial charge is 0.299 e. The number of carbonyl (C=O) groups excluding carboxylic acids is 1. The molecule has 1 aromatic carbocycles. The maximum atomic E-state index is 11.6. The molecule has 0 radical (unpaired) electrons. The second kappa shape index (κ2) is 13.3. The van der Waals surface area contributed by atoms with Crippen molar-refractivity contribution >= 4 is 5.78 Å². The summed E-state index contributed by atoms with van der Waals surface area (Å²) in [6.07, 6.45) is 25.4. The predicted molar refractivity (Wildman–Crippen MR) is 129 cm³/mol. The van der Waals surface area contributed by atoms with Crippen molar-refractivity contribution in [1.29, 1.82) is 0 Å². The van der Waals surface area contributed by atoms with Crippen LogP contribution in [0.15, 0.2) is 18.2 Å². The molecule has 0 aliphatic heterocycles. The van der Waals surface area contributed by atoms with Gasteiger partial charge in [0.25, 0.3) is 0 Å². The van der Waals surface area contributed by atoms with Crippen LogP contribution in [-0.4, -0.2) is 5.78 Å². The SMILES string of the molecule is CCCCCCCCCCCC1CCC(CCc2ccc3c(c2)CCC(=O)C3)CC1. The molecule has 168 valence electrons. The van der Waals surface area contributed by atoms with Crippen LogP contribution in [0.5, 0.6) is 0 Å². The van der Waals surface area contributed by atoms with Gasteiger partial charge >= 0.3 is 0 Å². The number of fused-ring (bicyclic) bond motifs is 1. The molecule has 0 atom stereocenters. The third-order valence-corrected chi connectivity index (χ3v) is 7.85. The van der Waals surface area contributed by atoms with Crippen LogP contribution in [0, 0.1) is 11.8 Å². The van der Waals surface area contributed by atoms with E-state index in [1.807, 2.05) is 0 Å². The average Bonchev–Trinajstić information content (AvgIpc) is 2.77. The number of aryl methyl sites for hydroxylation is 2. The molecule has 0 spiro atoms. The van der Waals surface area contributed by atoms with E-state index in [4.69, 9.17) is 0 Å². The summed E-state index contributed by atoms with van der Waals surface area (Å²) in [5, 5.41) is 0. The molecule has 1 nitrogen and oxygen atoms in total. The highest BCUT2D eigenvalue weighted by Crippen LogP contribution is 2.34. The predicted octanol–water partition coefficient (Wildman–Crippen LogP) is 8.40. The van der Waals surface area contributed by atoms with Gasteiger partial charge in [-0.15, -0.1) is 0 Å². The third kappa shape index (κ3) is 8.20. The lowest BCUT2D eigenvalue weighted by atomic mass is 9.77. The van der Waals surface area contributed by atoms with E-state index in [9.17, 15) is 4.79 Å². The van der Waals surface area contributed by atoms with Gasteiger partial charge in [0, 0.05) is 12.8 Å². The first kappa shape index (κ1) is 23.6. The van der Waals surface area contributed by atoms with Gasteiger partial charge in [0.05, 0.1) is 0 Å². The van der Waals surface area contributed by atoms with Crippen LogP contribution in [0.25, 0.3) is 0 Å². The highest BCUT2D eigenvalue weighted by Gasteiger charge is 2.21. The third-order valence-electron chi connectivity index (χ3n) is 7.85. The van der Waals surface area contributed by atoms with Crippen LogP contribution >= 0.6 is 0 Å². The number of hydrogen-bond acceptors (Lipinski definition) is 1. The summed E-state index contributed by atoms with van der Waals surface area (Å²) in [6.45, 7) is 2.30. The first-order valence-electron chi connectivity index (χ1n) is 13.4. The molecule has 0 amide bonds. The lowest BCUT2D eigenvalue weighted by Gasteiger charge is -2.28. The van der Waals surface area contributed by atoms with Gasteiger partial charge in [0.1, 0.15) is 5.78 Å². The molecule has 1 heteroatoms. The van der Waals surface area contributed by atoms with Crippen LogP contribution in [0.1, 0.15) is 126 Å². The number of Topliss-reactive ketones (excluding diaryl/α,β-unsaturated/α-hetero) is 1. The van der Waals surface area contributed by atoms with Crippen molar-refractivity contribution in [1.82, 2.24) is 0 Å². The van der Waals surface area contributed by atoms with E-state index in [1.165, 1.54) is 119 Å². The zero-order chi connectivity index (χ0) is 21.0. The van der Waals surface area contributed by atoms with Crippen molar-refractivity contribution in [3.63, 3.8) is 0 Å². The molecular weight excluding hydrogens is 364 g/mol. The first-order chi connectivity index (χ1) is 14.7. The van der Waals surface area contributed by atoms with Crippen molar-refractivity contribution in [2.45, 2.75) is 129 Å². The fraction of sp³-hybridized carbons (Fsp3) is 0.759. The summed E-state index contributed by atoms with van der Waals surface area (Å²) in [5.74, 6) is 2.38. The van der Waals surface area contributed by atoms with E-state index in [1.54, 1.807) is 0 Å². The van der Waals surface area contributed by atoms with E-state index in [0.29, 0.717) is 12.2 Å². The molecule has 2 aliphatic carbocycles. The fourth-order valence-corrected chi connectivity index (χ4v) is 5.74. The second-order valence-corrected chi connectivity index (χ2v) is 10.4. The zero-order valence-corrected chi connectivity index (χ0v) is 19.7. The van der Waals surface area contributed by atoms with Crippen molar-refractivity contribution in [2.75, 3.05) is 0 Å². The first-order valence-corrected chi connectivity index (χ1v) is 13.4. The molecule has 1 aromatic rings. The molecule has 1 fully saturated rings. The van der Waals surface area contributed by atoms with Gasteiger partial charge in [0.15, 0.2) is 0 Å². The Labute approximate surface area is 186 Å². The van der Waals surface area contributed by atoms with Gasteiger partial charge in [0.2, 0.25) is 0 Å². The molecule has 3 rings (SSSR count). The highest BCUT2D eigenvalue weighted by atomic mass is 16.1. The van der Waals surface area contributed by atoms with E-state index in [0.717, 1.165) is 24.7 Å². The fourth-order valence-electron chi connectivity index (χ4n) is 5.74. The lowest BCUT2D eigenvalue weighted by molar-refractivity contribution is -0.118. The zero-order valence-electron chi connectivity index (χ0n) is 19.7. The average molecular weight is 411 g/mol. The Morgan fingerprint density at radius 1 is 0.733 bits per heavy atom. The minimum atomic E-state index is 0.411. The molecule has 2 aliphatic rings. The Hall–Kier alpha value is -1.11. The smallest absolute Gasteiger partial charge is 0.137 e. The second-order valence-electron chi connectivity index (χ2n) is 10.4. The van der Waals surface area contributed by atoms with E-state index >= 15 is 0 Å². The van der Waals surface area contributed by atoms with Gasteiger partial charge in [-0.05, 0) is 47.8 Å². The lowest BCUT2D eigenvalue weighted by Crippen LogP contribution is -2.16. The maximum Gasteiger partial charge on any atom is 0.137 e. The number of rotatable bonds is 13. The monoisotopic (exact) mass is 410 g/mol.